The number of aryl methyl sites for hydroxylation is 1. The molecule has 1 aromatic carbocycles. The molecule has 0 heterocycles. The molecule has 124 valence electrons. The van der Waals surface area contributed by atoms with Gasteiger partial charge < -0.3 is 15.2 Å². The van der Waals surface area contributed by atoms with Gasteiger partial charge in [0, 0.05) is 11.2 Å². The predicted octanol–water partition coefficient (Wildman–Crippen LogP) is 3.71. The van der Waals surface area contributed by atoms with Crippen LogP contribution in [-0.4, -0.2) is 24.3 Å². The largest absolute Gasteiger partial charge is 0.496 e. The average Bonchev–Trinajstić information content (AvgIpc) is 2.33. The fourth-order valence-corrected chi connectivity index (χ4v) is 1.93. The molecular formula is C17H28N2O3. The summed E-state index contributed by atoms with van der Waals surface area (Å²) in [5.41, 5.74) is 6.95. The van der Waals surface area contributed by atoms with Gasteiger partial charge in [-0.3, -0.25) is 5.32 Å². The summed E-state index contributed by atoms with van der Waals surface area (Å²) in [6, 6.07) is 5.53. The van der Waals surface area contributed by atoms with Gasteiger partial charge in [0.1, 0.15) is 11.4 Å². The Hall–Kier alpha value is -1.75. The van der Waals surface area contributed by atoms with E-state index < -0.39 is 11.7 Å². The molecule has 0 bridgehead atoms. The van der Waals surface area contributed by atoms with Crippen molar-refractivity contribution in [2.75, 3.05) is 12.4 Å². The molecule has 1 amide bonds. The van der Waals surface area contributed by atoms with Crippen LogP contribution < -0.4 is 15.8 Å². The molecule has 0 aliphatic heterocycles. The lowest BCUT2D eigenvalue weighted by Gasteiger charge is -2.21. The van der Waals surface area contributed by atoms with Crippen LogP contribution >= 0.6 is 0 Å². The molecule has 5 nitrogen and oxygen atoms in total. The number of nitrogens with two attached hydrogens (primary N) is 1. The van der Waals surface area contributed by atoms with E-state index in [1.54, 1.807) is 13.2 Å². The van der Waals surface area contributed by atoms with Crippen molar-refractivity contribution in [2.24, 2.45) is 5.73 Å². The Morgan fingerprint density at radius 3 is 2.36 bits per heavy atom. The van der Waals surface area contributed by atoms with Crippen LogP contribution in [0.2, 0.25) is 0 Å². The van der Waals surface area contributed by atoms with Crippen LogP contribution in [0, 0.1) is 0 Å². The molecule has 22 heavy (non-hydrogen) atoms. The lowest BCUT2D eigenvalue weighted by Crippen LogP contribution is -2.32. The summed E-state index contributed by atoms with van der Waals surface area (Å²) in [4.78, 5) is 11.8. The van der Waals surface area contributed by atoms with E-state index in [1.807, 2.05) is 46.8 Å². The SMILES string of the molecule is COc1ccc(NC(=O)OC(C)(C)C)cc1CCC(C)(C)N. The number of hydrogen-bond acceptors (Lipinski definition) is 4. The number of carbonyl (C=O) groups excluding carboxylic acids is 1. The van der Waals surface area contributed by atoms with Gasteiger partial charge in [-0.1, -0.05) is 0 Å². The second-order valence-corrected chi connectivity index (χ2v) is 7.14. The van der Waals surface area contributed by atoms with E-state index >= 15 is 0 Å². The monoisotopic (exact) mass is 308 g/mol. The second kappa shape index (κ2) is 7.01. The third kappa shape index (κ3) is 6.80. The fourth-order valence-electron chi connectivity index (χ4n) is 1.93. The molecule has 0 saturated carbocycles. The maximum absolute atomic E-state index is 11.8. The van der Waals surface area contributed by atoms with E-state index in [4.69, 9.17) is 15.2 Å². The first-order valence-electron chi connectivity index (χ1n) is 7.46. The zero-order valence-corrected chi connectivity index (χ0v) is 14.4. The van der Waals surface area contributed by atoms with Crippen molar-refractivity contribution in [3.8, 4) is 5.75 Å². The summed E-state index contributed by atoms with van der Waals surface area (Å²) < 4.78 is 10.6. The molecule has 0 unspecified atom stereocenters. The molecule has 0 fully saturated rings. The number of hydrogen-bond donors (Lipinski definition) is 2. The van der Waals surface area contributed by atoms with Gasteiger partial charge in [0.05, 0.1) is 7.11 Å². The van der Waals surface area contributed by atoms with Gasteiger partial charge in [0.25, 0.3) is 0 Å². The molecule has 1 aromatic rings. The summed E-state index contributed by atoms with van der Waals surface area (Å²) in [6.45, 7) is 9.46. The first-order chi connectivity index (χ1) is 10.00. The van der Waals surface area contributed by atoms with Crippen LogP contribution in [0.15, 0.2) is 18.2 Å². The maximum Gasteiger partial charge on any atom is 0.412 e. The molecule has 0 radical (unpaired) electrons. The number of carbonyl (C=O) groups is 1. The van der Waals surface area contributed by atoms with Crippen molar-refractivity contribution in [3.05, 3.63) is 23.8 Å². The minimum atomic E-state index is -0.525. The Labute approximate surface area is 133 Å². The van der Waals surface area contributed by atoms with Crippen LogP contribution in [0.4, 0.5) is 10.5 Å². The van der Waals surface area contributed by atoms with Crippen molar-refractivity contribution in [3.63, 3.8) is 0 Å². The highest BCUT2D eigenvalue weighted by Crippen LogP contribution is 2.25. The Kier molecular flexibility index (Phi) is 5.83. The highest BCUT2D eigenvalue weighted by molar-refractivity contribution is 5.85. The first-order valence-corrected chi connectivity index (χ1v) is 7.46. The maximum atomic E-state index is 11.8. The fraction of sp³-hybridized carbons (Fsp3) is 0.588. The van der Waals surface area contributed by atoms with Crippen LogP contribution in [0.25, 0.3) is 0 Å². The Morgan fingerprint density at radius 1 is 1.23 bits per heavy atom. The Balaban J connectivity index is 2.83. The smallest absolute Gasteiger partial charge is 0.412 e. The van der Waals surface area contributed by atoms with Crippen LogP contribution in [0.3, 0.4) is 0 Å². The number of methoxy groups -OCH3 is 1. The molecule has 3 N–H and O–H groups in total. The van der Waals surface area contributed by atoms with Gasteiger partial charge in [-0.15, -0.1) is 0 Å². The predicted molar refractivity (Wildman–Crippen MR) is 89.4 cm³/mol. The summed E-state index contributed by atoms with van der Waals surface area (Å²) in [5, 5.41) is 2.74. The van der Waals surface area contributed by atoms with Crippen molar-refractivity contribution in [1.29, 1.82) is 0 Å². The van der Waals surface area contributed by atoms with Gasteiger partial charge in [-0.05, 0) is 71.2 Å². The van der Waals surface area contributed by atoms with E-state index in [0.717, 1.165) is 24.2 Å². The van der Waals surface area contributed by atoms with Crippen LogP contribution in [-0.2, 0) is 11.2 Å². The van der Waals surface area contributed by atoms with Gasteiger partial charge >= 0.3 is 6.09 Å². The number of ether oxygens (including phenoxy) is 2. The normalized spacial score (nSPS) is 12.0. The quantitative estimate of drug-likeness (QED) is 0.869. The minimum Gasteiger partial charge on any atom is -0.496 e. The zero-order valence-electron chi connectivity index (χ0n) is 14.4. The molecule has 0 spiro atoms. The number of anilines is 1. The number of amides is 1. The highest BCUT2D eigenvalue weighted by Gasteiger charge is 2.17. The molecule has 0 aliphatic rings. The van der Waals surface area contributed by atoms with E-state index in [1.165, 1.54) is 0 Å². The van der Waals surface area contributed by atoms with Crippen molar-refractivity contribution in [2.45, 2.75) is 58.6 Å². The third-order valence-corrected chi connectivity index (χ3v) is 2.96. The molecule has 0 aromatic heterocycles. The van der Waals surface area contributed by atoms with Crippen LogP contribution in [0.1, 0.15) is 46.6 Å². The molecule has 5 heteroatoms. The average molecular weight is 308 g/mol. The summed E-state index contributed by atoms with van der Waals surface area (Å²) >= 11 is 0. The number of benzene rings is 1. The lowest BCUT2D eigenvalue weighted by atomic mass is 9.96. The van der Waals surface area contributed by atoms with Gasteiger partial charge in [-0.2, -0.15) is 0 Å². The van der Waals surface area contributed by atoms with Crippen molar-refractivity contribution < 1.29 is 14.3 Å². The lowest BCUT2D eigenvalue weighted by molar-refractivity contribution is 0.0636. The van der Waals surface area contributed by atoms with E-state index in [9.17, 15) is 4.79 Å². The van der Waals surface area contributed by atoms with E-state index in [0.29, 0.717) is 5.69 Å². The van der Waals surface area contributed by atoms with Crippen LogP contribution in [0.5, 0.6) is 5.75 Å². The second-order valence-electron chi connectivity index (χ2n) is 7.14. The minimum absolute atomic E-state index is 0.250. The Morgan fingerprint density at radius 2 is 1.86 bits per heavy atom. The third-order valence-electron chi connectivity index (χ3n) is 2.96. The summed E-state index contributed by atoms with van der Waals surface area (Å²) in [5.74, 6) is 0.791. The standard InChI is InChI=1S/C17H28N2O3/c1-16(2,3)22-15(20)19-13-7-8-14(21-6)12(11-13)9-10-17(4,5)18/h7-8,11H,9-10,18H2,1-6H3,(H,19,20). The Bertz CT molecular complexity index is 514. The molecule has 0 aliphatic carbocycles. The first kappa shape index (κ1) is 18.3. The highest BCUT2D eigenvalue weighted by atomic mass is 16.6. The number of nitrogens with one attached hydrogen (secondary N) is 1. The molecule has 1 rings (SSSR count). The van der Waals surface area contributed by atoms with Gasteiger partial charge in [0.15, 0.2) is 0 Å². The van der Waals surface area contributed by atoms with E-state index in [-0.39, 0.29) is 5.54 Å². The number of rotatable bonds is 5. The van der Waals surface area contributed by atoms with Gasteiger partial charge in [0.2, 0.25) is 0 Å². The molecular weight excluding hydrogens is 280 g/mol. The van der Waals surface area contributed by atoms with Crippen molar-refractivity contribution >= 4 is 11.8 Å². The van der Waals surface area contributed by atoms with Crippen molar-refractivity contribution in [1.82, 2.24) is 0 Å². The summed E-state index contributed by atoms with van der Waals surface area (Å²) in [7, 11) is 1.63. The topological polar surface area (TPSA) is 73.6 Å². The zero-order chi connectivity index (χ0) is 17.0. The molecule has 0 saturated heterocycles. The van der Waals surface area contributed by atoms with Gasteiger partial charge in [-0.25, -0.2) is 4.79 Å². The molecule has 0 atom stereocenters. The van der Waals surface area contributed by atoms with E-state index in [2.05, 4.69) is 5.32 Å². The summed E-state index contributed by atoms with van der Waals surface area (Å²) in [6.07, 6.45) is 1.12.